The number of ketones is 1. The molecular formula is C35H42F2N4OS. The molecule has 1 atom stereocenters. The maximum Gasteiger partial charge on any atom is 0.195 e. The van der Waals surface area contributed by atoms with E-state index in [1.54, 1.807) is 17.4 Å². The van der Waals surface area contributed by atoms with Crippen molar-refractivity contribution in [1.82, 2.24) is 19.6 Å². The van der Waals surface area contributed by atoms with Crippen molar-refractivity contribution < 1.29 is 13.6 Å². The first-order valence-electron chi connectivity index (χ1n) is 16.4. The SMILES string of the molecule is O=C(CCCCN1CCC(F)CC1)c1ccc2c(c1)sc1nc(-c3c(F)cc([C@H]4CCCN4)cc3C3CCCCC3)cn12. The summed E-state index contributed by atoms with van der Waals surface area (Å²) in [4.78, 5) is 21.1. The Bertz CT molecular complexity index is 1590. The number of hydrogen-bond acceptors (Lipinski definition) is 5. The van der Waals surface area contributed by atoms with Crippen LogP contribution >= 0.6 is 11.3 Å². The zero-order valence-electron chi connectivity index (χ0n) is 24.9. The minimum atomic E-state index is -0.648. The molecule has 43 heavy (non-hydrogen) atoms. The number of Topliss-reactive ketones (excluding diaryl/α,β-unsaturated/α-hetero) is 1. The summed E-state index contributed by atoms with van der Waals surface area (Å²) in [6, 6.07) is 10.1. The average molecular weight is 605 g/mol. The molecule has 228 valence electrons. The van der Waals surface area contributed by atoms with E-state index in [4.69, 9.17) is 4.98 Å². The van der Waals surface area contributed by atoms with Crippen molar-refractivity contribution in [3.05, 3.63) is 59.0 Å². The number of aromatic nitrogens is 2. The van der Waals surface area contributed by atoms with Gasteiger partial charge in [0.2, 0.25) is 0 Å². The number of halogens is 2. The fourth-order valence-corrected chi connectivity index (χ4v) is 8.56. The van der Waals surface area contributed by atoms with Gasteiger partial charge in [-0.3, -0.25) is 9.20 Å². The Balaban J connectivity index is 1.10. The molecule has 1 N–H and O–H groups in total. The molecule has 1 saturated carbocycles. The van der Waals surface area contributed by atoms with E-state index >= 15 is 4.39 Å². The molecule has 0 bridgehead atoms. The van der Waals surface area contributed by atoms with Gasteiger partial charge in [-0.05, 0) is 106 Å². The first-order chi connectivity index (χ1) is 21.0. The quantitative estimate of drug-likeness (QED) is 0.154. The predicted molar refractivity (Wildman–Crippen MR) is 171 cm³/mol. The molecular weight excluding hydrogens is 562 g/mol. The average Bonchev–Trinajstić information content (AvgIpc) is 3.77. The van der Waals surface area contributed by atoms with E-state index in [1.165, 1.54) is 19.3 Å². The molecule has 2 saturated heterocycles. The molecule has 0 amide bonds. The van der Waals surface area contributed by atoms with Crippen LogP contribution in [-0.4, -0.2) is 52.4 Å². The number of nitrogens with zero attached hydrogens (tertiary/aromatic N) is 3. The maximum atomic E-state index is 16.0. The molecule has 7 rings (SSSR count). The highest BCUT2D eigenvalue weighted by Gasteiger charge is 2.27. The zero-order valence-corrected chi connectivity index (χ0v) is 25.7. The van der Waals surface area contributed by atoms with Crippen LogP contribution in [0.15, 0.2) is 36.5 Å². The van der Waals surface area contributed by atoms with Gasteiger partial charge >= 0.3 is 0 Å². The second-order valence-electron chi connectivity index (χ2n) is 12.9. The topological polar surface area (TPSA) is 49.6 Å². The van der Waals surface area contributed by atoms with Crippen LogP contribution in [0, 0.1) is 5.82 Å². The zero-order chi connectivity index (χ0) is 29.3. The normalized spacial score (nSPS) is 20.9. The van der Waals surface area contributed by atoms with Gasteiger partial charge in [-0.2, -0.15) is 0 Å². The summed E-state index contributed by atoms with van der Waals surface area (Å²) in [5.74, 6) is 0.362. The van der Waals surface area contributed by atoms with E-state index in [1.807, 2.05) is 24.4 Å². The third kappa shape index (κ3) is 6.16. The largest absolute Gasteiger partial charge is 0.310 e. The van der Waals surface area contributed by atoms with Crippen LogP contribution in [0.25, 0.3) is 26.4 Å². The fourth-order valence-electron chi connectivity index (χ4n) is 7.51. The van der Waals surface area contributed by atoms with E-state index in [2.05, 4.69) is 20.7 Å². The lowest BCUT2D eigenvalue weighted by Crippen LogP contribution is -2.35. The Morgan fingerprint density at radius 2 is 1.84 bits per heavy atom. The summed E-state index contributed by atoms with van der Waals surface area (Å²) in [5.41, 5.74) is 5.30. The number of imidazole rings is 1. The van der Waals surface area contributed by atoms with Gasteiger partial charge in [-0.1, -0.05) is 36.7 Å². The molecule has 0 radical (unpaired) electrons. The van der Waals surface area contributed by atoms with Gasteiger partial charge < -0.3 is 10.2 Å². The molecule has 3 aliphatic rings. The minimum Gasteiger partial charge on any atom is -0.310 e. The number of likely N-dealkylation sites (tertiary alicyclic amines) is 1. The van der Waals surface area contributed by atoms with E-state index in [9.17, 15) is 9.18 Å². The van der Waals surface area contributed by atoms with Crippen LogP contribution in [0.2, 0.25) is 0 Å². The molecule has 0 unspecified atom stereocenters. The lowest BCUT2D eigenvalue weighted by molar-refractivity contribution is 0.0976. The number of benzene rings is 2. The molecule has 4 heterocycles. The van der Waals surface area contributed by atoms with Gasteiger partial charge in [0.1, 0.15) is 12.0 Å². The number of piperidine rings is 1. The van der Waals surface area contributed by atoms with Crippen LogP contribution in [0.3, 0.4) is 0 Å². The monoisotopic (exact) mass is 604 g/mol. The molecule has 3 fully saturated rings. The number of fused-ring (bicyclic) bond motifs is 3. The molecule has 2 aromatic carbocycles. The number of thiazole rings is 1. The fraction of sp³-hybridized carbons (Fsp3) is 0.543. The number of nitrogens with one attached hydrogen (secondary N) is 1. The van der Waals surface area contributed by atoms with Crippen molar-refractivity contribution in [2.75, 3.05) is 26.2 Å². The van der Waals surface area contributed by atoms with Crippen LogP contribution in [0.1, 0.15) is 110 Å². The lowest BCUT2D eigenvalue weighted by Gasteiger charge is -2.28. The Hall–Kier alpha value is -2.68. The van der Waals surface area contributed by atoms with Crippen molar-refractivity contribution in [1.29, 1.82) is 0 Å². The van der Waals surface area contributed by atoms with Crippen molar-refractivity contribution in [3.63, 3.8) is 0 Å². The van der Waals surface area contributed by atoms with Gasteiger partial charge in [0.15, 0.2) is 10.7 Å². The predicted octanol–water partition coefficient (Wildman–Crippen LogP) is 8.61. The van der Waals surface area contributed by atoms with Gasteiger partial charge in [0, 0.05) is 42.9 Å². The lowest BCUT2D eigenvalue weighted by atomic mass is 9.80. The number of carbonyl (C=O) groups is 1. The minimum absolute atomic E-state index is 0.159. The van der Waals surface area contributed by atoms with Gasteiger partial charge in [-0.15, -0.1) is 0 Å². The Kier molecular flexibility index (Phi) is 8.61. The molecule has 2 aromatic heterocycles. The second kappa shape index (κ2) is 12.7. The van der Waals surface area contributed by atoms with Crippen molar-refractivity contribution in [3.8, 4) is 11.3 Å². The summed E-state index contributed by atoms with van der Waals surface area (Å²) in [6.07, 6.45) is 13.0. The van der Waals surface area contributed by atoms with E-state index < -0.39 is 6.17 Å². The van der Waals surface area contributed by atoms with Crippen molar-refractivity contribution in [2.24, 2.45) is 0 Å². The Labute approximate surface area is 256 Å². The molecule has 1 aliphatic carbocycles. The van der Waals surface area contributed by atoms with Crippen LogP contribution in [0.5, 0.6) is 0 Å². The molecule has 0 spiro atoms. The van der Waals surface area contributed by atoms with Crippen LogP contribution in [0.4, 0.5) is 8.78 Å². The standard InChI is InChI=1S/C35H42F2N4OS/c36-26-13-17-40(18-14-26)16-5-4-10-32(42)24-11-12-31-33(21-24)43-35-39-30(22-41(31)35)34-27(23-7-2-1-3-8-23)19-25(20-28(34)37)29-9-6-15-38-29/h11-12,19-23,26,29,38H,1-10,13-18H2/t29-/m1/s1. The maximum absolute atomic E-state index is 16.0. The summed E-state index contributed by atoms with van der Waals surface area (Å²) in [6.45, 7) is 3.58. The van der Waals surface area contributed by atoms with E-state index in [-0.39, 0.29) is 17.6 Å². The molecule has 2 aliphatic heterocycles. The Morgan fingerprint density at radius 3 is 2.63 bits per heavy atom. The highest BCUT2D eigenvalue weighted by molar-refractivity contribution is 7.23. The number of alkyl halides is 1. The summed E-state index contributed by atoms with van der Waals surface area (Å²) in [7, 11) is 0. The van der Waals surface area contributed by atoms with Crippen molar-refractivity contribution >= 4 is 32.3 Å². The van der Waals surface area contributed by atoms with Crippen LogP contribution in [-0.2, 0) is 0 Å². The third-order valence-corrected chi connectivity index (χ3v) is 11.0. The number of hydrogen-bond donors (Lipinski definition) is 1. The summed E-state index contributed by atoms with van der Waals surface area (Å²) < 4.78 is 32.5. The molecule has 4 aromatic rings. The first-order valence-corrected chi connectivity index (χ1v) is 17.2. The third-order valence-electron chi connectivity index (χ3n) is 9.97. The van der Waals surface area contributed by atoms with Crippen molar-refractivity contribution in [2.45, 2.75) is 95.2 Å². The number of carbonyl (C=O) groups excluding carboxylic acids is 1. The van der Waals surface area contributed by atoms with Gasteiger partial charge in [0.05, 0.1) is 15.9 Å². The summed E-state index contributed by atoms with van der Waals surface area (Å²) in [5, 5.41) is 3.55. The molecule has 8 heteroatoms. The van der Waals surface area contributed by atoms with Gasteiger partial charge in [-0.25, -0.2) is 13.8 Å². The Morgan fingerprint density at radius 1 is 1.00 bits per heavy atom. The smallest absolute Gasteiger partial charge is 0.195 e. The second-order valence-corrected chi connectivity index (χ2v) is 13.9. The molecule has 5 nitrogen and oxygen atoms in total. The summed E-state index contributed by atoms with van der Waals surface area (Å²) >= 11 is 1.56. The highest BCUT2D eigenvalue weighted by atomic mass is 32.1. The first kappa shape index (κ1) is 29.1. The van der Waals surface area contributed by atoms with Gasteiger partial charge in [0.25, 0.3) is 0 Å². The number of rotatable bonds is 9. The van der Waals surface area contributed by atoms with Crippen LogP contribution < -0.4 is 5.32 Å². The van der Waals surface area contributed by atoms with E-state index in [0.29, 0.717) is 36.4 Å². The van der Waals surface area contributed by atoms with E-state index in [0.717, 1.165) is 96.6 Å². The highest BCUT2D eigenvalue weighted by Crippen LogP contribution is 2.42. The number of unbranched alkanes of at least 4 members (excludes halogenated alkanes) is 1.